The van der Waals surface area contributed by atoms with Gasteiger partial charge in [0.1, 0.15) is 0 Å². The van der Waals surface area contributed by atoms with Gasteiger partial charge in [0.05, 0.1) is 16.2 Å². The molecule has 1 aliphatic rings. The first-order valence-electron chi connectivity index (χ1n) is 6.74. The third-order valence-electron chi connectivity index (χ3n) is 4.00. The van der Waals surface area contributed by atoms with E-state index in [0.717, 1.165) is 12.0 Å². The molecule has 106 valence electrons. The molecule has 0 saturated carbocycles. The van der Waals surface area contributed by atoms with Crippen molar-refractivity contribution in [1.82, 2.24) is 10.3 Å². The molecule has 0 aromatic carbocycles. The highest BCUT2D eigenvalue weighted by atomic mass is 35.5. The quantitative estimate of drug-likeness (QED) is 0.920. The van der Waals surface area contributed by atoms with Crippen molar-refractivity contribution in [2.75, 3.05) is 7.05 Å². The molecule has 3 nitrogen and oxygen atoms in total. The maximum absolute atomic E-state index is 6.30. The summed E-state index contributed by atoms with van der Waals surface area (Å²) in [5, 5.41) is 4.11. The summed E-state index contributed by atoms with van der Waals surface area (Å²) in [4.78, 5) is 4.06. The topological polar surface area (TPSA) is 34.2 Å². The zero-order valence-corrected chi connectivity index (χ0v) is 13.1. The Bertz CT molecular complexity index is 459. The minimum atomic E-state index is -0.177. The molecule has 1 saturated heterocycles. The van der Waals surface area contributed by atoms with Crippen LogP contribution >= 0.6 is 11.6 Å². The Hall–Kier alpha value is -0.640. The van der Waals surface area contributed by atoms with E-state index in [1.807, 2.05) is 13.1 Å². The molecular formula is C15H23ClN2O. The van der Waals surface area contributed by atoms with E-state index in [2.05, 4.69) is 38.0 Å². The van der Waals surface area contributed by atoms with Gasteiger partial charge in [0.2, 0.25) is 0 Å². The first-order valence-corrected chi connectivity index (χ1v) is 7.11. The Morgan fingerprint density at radius 3 is 2.58 bits per heavy atom. The molecule has 2 rings (SSSR count). The molecule has 4 heteroatoms. The minimum absolute atomic E-state index is 0.0945. The third kappa shape index (κ3) is 2.93. The summed E-state index contributed by atoms with van der Waals surface area (Å²) in [6.07, 6.45) is 4.50. The van der Waals surface area contributed by atoms with E-state index in [4.69, 9.17) is 16.3 Å². The van der Waals surface area contributed by atoms with E-state index in [9.17, 15) is 0 Å². The predicted octanol–water partition coefficient (Wildman–Crippen LogP) is 3.59. The van der Waals surface area contributed by atoms with E-state index < -0.39 is 0 Å². The van der Waals surface area contributed by atoms with Crippen LogP contribution in [-0.4, -0.2) is 23.2 Å². The SMILES string of the molecule is CNC(c1ccncc1Cl)C1CC(C)(C)OC1(C)C. The number of ether oxygens (including phenoxy) is 1. The molecule has 2 unspecified atom stereocenters. The number of halogens is 1. The van der Waals surface area contributed by atoms with Crippen LogP contribution in [-0.2, 0) is 4.74 Å². The van der Waals surface area contributed by atoms with Crippen molar-refractivity contribution in [3.8, 4) is 0 Å². The molecular weight excluding hydrogens is 260 g/mol. The number of hydrogen-bond donors (Lipinski definition) is 1. The summed E-state index contributed by atoms with van der Waals surface area (Å²) in [6, 6.07) is 2.16. The zero-order valence-electron chi connectivity index (χ0n) is 12.3. The lowest BCUT2D eigenvalue weighted by Crippen LogP contribution is -2.37. The number of pyridine rings is 1. The normalized spacial score (nSPS) is 26.3. The van der Waals surface area contributed by atoms with Gasteiger partial charge in [0, 0.05) is 24.4 Å². The molecule has 0 amide bonds. The highest BCUT2D eigenvalue weighted by molar-refractivity contribution is 6.31. The fourth-order valence-corrected chi connectivity index (χ4v) is 3.57. The van der Waals surface area contributed by atoms with Crippen LogP contribution in [0, 0.1) is 5.92 Å². The average Bonchev–Trinajstić information content (AvgIpc) is 2.51. The minimum Gasteiger partial charge on any atom is -0.369 e. The molecule has 1 fully saturated rings. The van der Waals surface area contributed by atoms with Crippen molar-refractivity contribution >= 4 is 11.6 Å². The van der Waals surface area contributed by atoms with Crippen molar-refractivity contribution in [2.24, 2.45) is 5.92 Å². The van der Waals surface area contributed by atoms with Crippen molar-refractivity contribution < 1.29 is 4.74 Å². The smallest absolute Gasteiger partial charge is 0.0681 e. The molecule has 2 atom stereocenters. The second-order valence-electron chi connectivity index (χ2n) is 6.44. The summed E-state index contributed by atoms with van der Waals surface area (Å²) in [5.74, 6) is 0.368. The number of nitrogens with zero attached hydrogens (tertiary/aromatic N) is 1. The lowest BCUT2D eigenvalue weighted by atomic mass is 9.79. The van der Waals surface area contributed by atoms with E-state index >= 15 is 0 Å². The highest BCUT2D eigenvalue weighted by Gasteiger charge is 2.49. The first kappa shape index (κ1) is 14.8. The van der Waals surface area contributed by atoms with Crippen LogP contribution < -0.4 is 5.32 Å². The Balaban J connectivity index is 2.36. The average molecular weight is 283 g/mol. The van der Waals surface area contributed by atoms with Gasteiger partial charge in [-0.2, -0.15) is 0 Å². The molecule has 1 aromatic rings. The maximum Gasteiger partial charge on any atom is 0.0681 e. The van der Waals surface area contributed by atoms with Gasteiger partial charge >= 0.3 is 0 Å². The number of aromatic nitrogens is 1. The molecule has 1 aliphatic heterocycles. The van der Waals surface area contributed by atoms with Crippen LogP contribution in [0.15, 0.2) is 18.5 Å². The van der Waals surface area contributed by atoms with Gasteiger partial charge in [0.15, 0.2) is 0 Å². The van der Waals surface area contributed by atoms with Gasteiger partial charge in [0.25, 0.3) is 0 Å². The Kier molecular flexibility index (Phi) is 3.92. The first-order chi connectivity index (χ1) is 8.77. The second-order valence-corrected chi connectivity index (χ2v) is 6.85. The Labute approximate surface area is 120 Å². The second kappa shape index (κ2) is 5.04. The van der Waals surface area contributed by atoms with Gasteiger partial charge in [-0.25, -0.2) is 0 Å². The maximum atomic E-state index is 6.30. The third-order valence-corrected chi connectivity index (χ3v) is 4.31. The van der Waals surface area contributed by atoms with Crippen LogP contribution in [0.3, 0.4) is 0 Å². The summed E-state index contributed by atoms with van der Waals surface area (Å²) in [5.41, 5.74) is 0.825. The van der Waals surface area contributed by atoms with Crippen LogP contribution in [0.2, 0.25) is 5.02 Å². The highest BCUT2D eigenvalue weighted by Crippen LogP contribution is 2.48. The van der Waals surface area contributed by atoms with E-state index in [1.54, 1.807) is 12.4 Å². The van der Waals surface area contributed by atoms with Crippen LogP contribution in [0.5, 0.6) is 0 Å². The zero-order chi connectivity index (χ0) is 14.3. The molecule has 0 bridgehead atoms. The lowest BCUT2D eigenvalue weighted by Gasteiger charge is -2.33. The summed E-state index contributed by atoms with van der Waals surface area (Å²) in [6.45, 7) is 8.61. The summed E-state index contributed by atoms with van der Waals surface area (Å²) in [7, 11) is 1.98. The van der Waals surface area contributed by atoms with Crippen molar-refractivity contribution in [3.63, 3.8) is 0 Å². The standard InChI is InChI=1S/C15H23ClN2O/c1-14(2)8-11(15(3,4)19-14)13(17-5)10-6-7-18-9-12(10)16/h6-7,9,11,13,17H,8H2,1-5H3. The van der Waals surface area contributed by atoms with Crippen molar-refractivity contribution in [3.05, 3.63) is 29.0 Å². The van der Waals surface area contributed by atoms with Gasteiger partial charge < -0.3 is 10.1 Å². The van der Waals surface area contributed by atoms with E-state index in [-0.39, 0.29) is 17.2 Å². The van der Waals surface area contributed by atoms with Crippen LogP contribution in [0.4, 0.5) is 0 Å². The van der Waals surface area contributed by atoms with Crippen molar-refractivity contribution in [2.45, 2.75) is 51.4 Å². The van der Waals surface area contributed by atoms with Crippen LogP contribution in [0.25, 0.3) is 0 Å². The van der Waals surface area contributed by atoms with Crippen LogP contribution in [0.1, 0.15) is 45.7 Å². The lowest BCUT2D eigenvalue weighted by molar-refractivity contribution is -0.0776. The Morgan fingerprint density at radius 2 is 2.11 bits per heavy atom. The fraction of sp³-hybridized carbons (Fsp3) is 0.667. The molecule has 1 aromatic heterocycles. The molecule has 0 radical (unpaired) electrons. The fourth-order valence-electron chi connectivity index (χ4n) is 3.34. The van der Waals surface area contributed by atoms with Gasteiger partial charge in [-0.05, 0) is 52.8 Å². The molecule has 0 aliphatic carbocycles. The molecule has 19 heavy (non-hydrogen) atoms. The predicted molar refractivity (Wildman–Crippen MR) is 78.4 cm³/mol. The molecule has 0 spiro atoms. The van der Waals surface area contributed by atoms with E-state index in [1.165, 1.54) is 0 Å². The summed E-state index contributed by atoms with van der Waals surface area (Å²) >= 11 is 6.30. The monoisotopic (exact) mass is 282 g/mol. The van der Waals surface area contributed by atoms with Gasteiger partial charge in [-0.1, -0.05) is 11.6 Å². The Morgan fingerprint density at radius 1 is 1.42 bits per heavy atom. The molecule has 2 heterocycles. The number of rotatable bonds is 3. The van der Waals surface area contributed by atoms with E-state index in [0.29, 0.717) is 10.9 Å². The summed E-state index contributed by atoms with van der Waals surface area (Å²) < 4.78 is 6.19. The van der Waals surface area contributed by atoms with Gasteiger partial charge in [-0.15, -0.1) is 0 Å². The number of hydrogen-bond acceptors (Lipinski definition) is 3. The largest absolute Gasteiger partial charge is 0.369 e. The van der Waals surface area contributed by atoms with Crippen molar-refractivity contribution in [1.29, 1.82) is 0 Å². The van der Waals surface area contributed by atoms with Gasteiger partial charge in [-0.3, -0.25) is 4.98 Å². The number of nitrogens with one attached hydrogen (secondary N) is 1. The molecule has 1 N–H and O–H groups in total.